The predicted octanol–water partition coefficient (Wildman–Crippen LogP) is 4.81. The quantitative estimate of drug-likeness (QED) is 0.525. The lowest BCUT2D eigenvalue weighted by atomic mass is 9.95. The van der Waals surface area contributed by atoms with Gasteiger partial charge in [0.25, 0.3) is 5.56 Å². The summed E-state index contributed by atoms with van der Waals surface area (Å²) in [7, 11) is 1.65. The molecule has 4 rings (SSSR count). The van der Waals surface area contributed by atoms with E-state index in [1.807, 2.05) is 60.0 Å². The number of benzene rings is 2. The van der Waals surface area contributed by atoms with Crippen LogP contribution in [0.2, 0.25) is 0 Å². The van der Waals surface area contributed by atoms with E-state index in [0.29, 0.717) is 11.1 Å². The maximum atomic E-state index is 12.7. The Hall–Kier alpha value is -3.16. The van der Waals surface area contributed by atoms with Gasteiger partial charge in [-0.1, -0.05) is 42.5 Å². The van der Waals surface area contributed by atoms with Crippen LogP contribution in [0.4, 0.5) is 0 Å². The molecule has 0 aliphatic heterocycles. The highest BCUT2D eigenvalue weighted by atomic mass is 32.1. The molecular formula is C21H14N2OS. The molecule has 0 aliphatic rings. The summed E-state index contributed by atoms with van der Waals surface area (Å²) in [4.78, 5) is 13.8. The highest BCUT2D eigenvalue weighted by Gasteiger charge is 2.17. The molecular weight excluding hydrogens is 328 g/mol. The first-order chi connectivity index (χ1) is 12.2. The molecule has 4 heteroatoms. The molecule has 0 bridgehead atoms. The zero-order chi connectivity index (χ0) is 17.4. The molecule has 0 aliphatic carbocycles. The van der Waals surface area contributed by atoms with Crippen molar-refractivity contribution in [3.05, 3.63) is 82.1 Å². The van der Waals surface area contributed by atoms with E-state index in [-0.39, 0.29) is 5.56 Å². The molecule has 0 spiro atoms. The molecule has 2 aromatic carbocycles. The van der Waals surface area contributed by atoms with E-state index in [9.17, 15) is 10.1 Å². The van der Waals surface area contributed by atoms with Gasteiger partial charge in [0.15, 0.2) is 0 Å². The first-order valence-corrected chi connectivity index (χ1v) is 8.75. The molecule has 25 heavy (non-hydrogen) atoms. The Labute approximate surface area is 149 Å². The number of hydrogen-bond acceptors (Lipinski definition) is 3. The zero-order valence-corrected chi connectivity index (χ0v) is 14.4. The number of hydrogen-bond donors (Lipinski definition) is 0. The van der Waals surface area contributed by atoms with Crippen molar-refractivity contribution in [3.63, 3.8) is 0 Å². The van der Waals surface area contributed by atoms with Crippen LogP contribution in [0.3, 0.4) is 0 Å². The van der Waals surface area contributed by atoms with Gasteiger partial charge in [-0.2, -0.15) is 5.26 Å². The third-order valence-electron chi connectivity index (χ3n) is 4.37. The molecule has 0 N–H and O–H groups in total. The van der Waals surface area contributed by atoms with Gasteiger partial charge in [-0.3, -0.25) is 4.79 Å². The van der Waals surface area contributed by atoms with Gasteiger partial charge in [0, 0.05) is 22.9 Å². The van der Waals surface area contributed by atoms with E-state index in [0.717, 1.165) is 27.0 Å². The van der Waals surface area contributed by atoms with E-state index < -0.39 is 0 Å². The SMILES string of the molecule is Cn1c(C#N)c(-c2ccccc2)c2cc(-c3cccs3)ccc2c1=O. The molecule has 0 amide bonds. The van der Waals surface area contributed by atoms with Crippen LogP contribution >= 0.6 is 11.3 Å². The van der Waals surface area contributed by atoms with Crippen molar-refractivity contribution in [3.8, 4) is 27.6 Å². The third kappa shape index (κ3) is 2.46. The summed E-state index contributed by atoms with van der Waals surface area (Å²) in [5, 5.41) is 13.2. The van der Waals surface area contributed by atoms with Gasteiger partial charge >= 0.3 is 0 Å². The number of fused-ring (bicyclic) bond motifs is 1. The van der Waals surface area contributed by atoms with Crippen molar-refractivity contribution in [2.24, 2.45) is 7.05 Å². The van der Waals surface area contributed by atoms with Crippen molar-refractivity contribution in [1.29, 1.82) is 5.26 Å². The van der Waals surface area contributed by atoms with E-state index in [1.54, 1.807) is 18.4 Å². The van der Waals surface area contributed by atoms with E-state index >= 15 is 0 Å². The second kappa shape index (κ2) is 6.04. The molecule has 2 aromatic heterocycles. The Kier molecular flexibility index (Phi) is 3.72. The van der Waals surface area contributed by atoms with Gasteiger partial charge in [-0.05, 0) is 40.1 Å². The van der Waals surface area contributed by atoms with Gasteiger partial charge in [-0.15, -0.1) is 11.3 Å². The second-order valence-corrected chi connectivity index (χ2v) is 6.75. The number of nitrogens with zero attached hydrogens (tertiary/aromatic N) is 2. The minimum Gasteiger partial charge on any atom is -0.302 e. The number of nitriles is 1. The van der Waals surface area contributed by atoms with E-state index in [1.165, 1.54) is 4.57 Å². The van der Waals surface area contributed by atoms with Crippen molar-refractivity contribution < 1.29 is 0 Å². The molecule has 120 valence electrons. The summed E-state index contributed by atoms with van der Waals surface area (Å²) in [5.41, 5.74) is 3.02. The lowest BCUT2D eigenvalue weighted by Gasteiger charge is -2.14. The minimum atomic E-state index is -0.149. The van der Waals surface area contributed by atoms with Crippen LogP contribution < -0.4 is 5.56 Å². The fraction of sp³-hybridized carbons (Fsp3) is 0.0476. The van der Waals surface area contributed by atoms with Crippen LogP contribution in [0.15, 0.2) is 70.8 Å². The monoisotopic (exact) mass is 342 g/mol. The Morgan fingerprint density at radius 2 is 1.76 bits per heavy atom. The summed E-state index contributed by atoms with van der Waals surface area (Å²) >= 11 is 1.66. The van der Waals surface area contributed by atoms with Gasteiger partial charge in [-0.25, -0.2) is 0 Å². The van der Waals surface area contributed by atoms with Gasteiger partial charge in [0.2, 0.25) is 0 Å². The average Bonchev–Trinajstić information content (AvgIpc) is 3.19. The Morgan fingerprint density at radius 1 is 0.960 bits per heavy atom. The number of rotatable bonds is 2. The van der Waals surface area contributed by atoms with Crippen LogP contribution in [0.1, 0.15) is 5.69 Å². The first-order valence-electron chi connectivity index (χ1n) is 7.87. The molecule has 4 aromatic rings. The predicted molar refractivity (Wildman–Crippen MR) is 103 cm³/mol. The summed E-state index contributed by atoms with van der Waals surface area (Å²) < 4.78 is 1.44. The first kappa shape index (κ1) is 15.4. The molecule has 0 saturated heterocycles. The summed E-state index contributed by atoms with van der Waals surface area (Å²) in [5.74, 6) is 0. The van der Waals surface area contributed by atoms with Gasteiger partial charge < -0.3 is 4.57 Å². The standard InChI is InChI=1S/C21H14N2OS/c1-23-18(13-22)20(14-6-3-2-4-7-14)17-12-15(19-8-5-11-25-19)9-10-16(17)21(23)24/h2-12H,1H3. The maximum Gasteiger partial charge on any atom is 0.259 e. The van der Waals surface area contributed by atoms with Gasteiger partial charge in [0.05, 0.1) is 0 Å². The normalized spacial score (nSPS) is 10.7. The molecule has 3 nitrogen and oxygen atoms in total. The smallest absolute Gasteiger partial charge is 0.259 e. The molecule has 0 radical (unpaired) electrons. The van der Waals surface area contributed by atoms with E-state index in [2.05, 4.69) is 12.1 Å². The minimum absolute atomic E-state index is 0.149. The summed E-state index contributed by atoms with van der Waals surface area (Å²) in [6, 6.07) is 21.9. The number of thiophene rings is 1. The van der Waals surface area contributed by atoms with Crippen molar-refractivity contribution >= 4 is 22.1 Å². The molecule has 0 saturated carbocycles. The topological polar surface area (TPSA) is 45.8 Å². The van der Waals surface area contributed by atoms with Crippen LogP contribution in [0, 0.1) is 11.3 Å². The van der Waals surface area contributed by atoms with Crippen molar-refractivity contribution in [2.75, 3.05) is 0 Å². The second-order valence-electron chi connectivity index (χ2n) is 5.80. The fourth-order valence-corrected chi connectivity index (χ4v) is 3.86. The lowest BCUT2D eigenvalue weighted by Crippen LogP contribution is -2.20. The van der Waals surface area contributed by atoms with Crippen LogP contribution in [0.25, 0.3) is 32.3 Å². The Balaban J connectivity index is 2.16. The summed E-state index contributed by atoms with van der Waals surface area (Å²) in [6.45, 7) is 0. The molecule has 2 heterocycles. The van der Waals surface area contributed by atoms with Crippen LogP contribution in [0.5, 0.6) is 0 Å². The van der Waals surface area contributed by atoms with Crippen molar-refractivity contribution in [2.45, 2.75) is 0 Å². The fourth-order valence-electron chi connectivity index (χ4n) is 3.14. The third-order valence-corrected chi connectivity index (χ3v) is 5.29. The van der Waals surface area contributed by atoms with E-state index in [4.69, 9.17) is 0 Å². The molecule has 0 unspecified atom stereocenters. The lowest BCUT2D eigenvalue weighted by molar-refractivity contribution is 0.856. The number of aromatic nitrogens is 1. The molecule has 0 fully saturated rings. The van der Waals surface area contributed by atoms with Crippen molar-refractivity contribution in [1.82, 2.24) is 4.57 Å². The number of pyridine rings is 1. The molecule has 0 atom stereocenters. The highest BCUT2D eigenvalue weighted by molar-refractivity contribution is 7.13. The highest BCUT2D eigenvalue weighted by Crippen LogP contribution is 2.34. The Bertz CT molecular complexity index is 1170. The van der Waals surface area contributed by atoms with Crippen LogP contribution in [-0.2, 0) is 7.05 Å². The van der Waals surface area contributed by atoms with Gasteiger partial charge in [0.1, 0.15) is 11.8 Å². The average molecular weight is 342 g/mol. The Morgan fingerprint density at radius 3 is 2.44 bits per heavy atom. The summed E-state index contributed by atoms with van der Waals surface area (Å²) in [6.07, 6.45) is 0. The maximum absolute atomic E-state index is 12.7. The zero-order valence-electron chi connectivity index (χ0n) is 13.6. The largest absolute Gasteiger partial charge is 0.302 e. The van der Waals surface area contributed by atoms with Crippen LogP contribution in [-0.4, -0.2) is 4.57 Å².